The van der Waals surface area contributed by atoms with Crippen LogP contribution < -0.4 is 5.56 Å². The van der Waals surface area contributed by atoms with E-state index in [-0.39, 0.29) is 17.2 Å². The Morgan fingerprint density at radius 1 is 1.14 bits per heavy atom. The first-order valence-corrected chi connectivity index (χ1v) is 8.84. The van der Waals surface area contributed by atoms with Crippen molar-refractivity contribution in [3.05, 3.63) is 58.4 Å². The number of alkyl halides is 2. The lowest BCUT2D eigenvalue weighted by Gasteiger charge is -2.34. The minimum absolute atomic E-state index is 0.00859. The third-order valence-corrected chi connectivity index (χ3v) is 4.72. The fraction of sp³-hybridized carbons (Fsp3) is 0.333. The van der Waals surface area contributed by atoms with E-state index in [0.717, 1.165) is 6.20 Å². The second-order valence-electron chi connectivity index (χ2n) is 6.56. The van der Waals surface area contributed by atoms with E-state index in [1.54, 1.807) is 23.1 Å². The van der Waals surface area contributed by atoms with Gasteiger partial charge in [-0.1, -0.05) is 12.1 Å². The van der Waals surface area contributed by atoms with E-state index in [9.17, 15) is 18.4 Å². The molecule has 3 aromatic rings. The van der Waals surface area contributed by atoms with Crippen molar-refractivity contribution in [1.82, 2.24) is 29.5 Å². The van der Waals surface area contributed by atoms with Crippen LogP contribution in [0.2, 0.25) is 0 Å². The maximum absolute atomic E-state index is 12.6. The van der Waals surface area contributed by atoms with Gasteiger partial charge in [-0.2, -0.15) is 13.9 Å². The number of amides is 1. The van der Waals surface area contributed by atoms with E-state index in [1.165, 1.54) is 6.07 Å². The highest BCUT2D eigenvalue weighted by Crippen LogP contribution is 2.13. The molecule has 0 saturated carbocycles. The molecule has 1 aliphatic heterocycles. The number of nitrogens with zero attached hydrogens (tertiary/aromatic N) is 5. The molecule has 10 heteroatoms. The summed E-state index contributed by atoms with van der Waals surface area (Å²) in [5, 5.41) is 4.17. The molecular weight excluding hydrogens is 370 g/mol. The van der Waals surface area contributed by atoms with E-state index in [0.29, 0.717) is 54.1 Å². The van der Waals surface area contributed by atoms with E-state index in [2.05, 4.69) is 20.0 Å². The number of benzene rings is 1. The average molecular weight is 388 g/mol. The van der Waals surface area contributed by atoms with Crippen LogP contribution in [0.3, 0.4) is 0 Å². The lowest BCUT2D eigenvalue weighted by molar-refractivity contribution is 0.0533. The zero-order valence-corrected chi connectivity index (χ0v) is 14.9. The van der Waals surface area contributed by atoms with Crippen molar-refractivity contribution in [3.63, 3.8) is 0 Å². The van der Waals surface area contributed by atoms with E-state index in [1.807, 2.05) is 6.07 Å². The molecule has 0 radical (unpaired) electrons. The van der Waals surface area contributed by atoms with Gasteiger partial charge in [0.25, 0.3) is 11.5 Å². The van der Waals surface area contributed by atoms with Gasteiger partial charge in [0, 0.05) is 32.4 Å². The zero-order valence-electron chi connectivity index (χ0n) is 14.9. The fourth-order valence-corrected chi connectivity index (χ4v) is 3.25. The minimum Gasteiger partial charge on any atom is -0.335 e. The quantitative estimate of drug-likeness (QED) is 0.732. The first-order valence-electron chi connectivity index (χ1n) is 8.84. The van der Waals surface area contributed by atoms with Crippen LogP contribution in [0.4, 0.5) is 8.78 Å². The van der Waals surface area contributed by atoms with Crippen molar-refractivity contribution in [2.75, 3.05) is 26.2 Å². The highest BCUT2D eigenvalue weighted by molar-refractivity contribution is 5.92. The number of aromatic amines is 1. The van der Waals surface area contributed by atoms with Gasteiger partial charge in [-0.05, 0) is 18.2 Å². The van der Waals surface area contributed by atoms with Gasteiger partial charge >= 0.3 is 6.55 Å². The largest absolute Gasteiger partial charge is 0.335 e. The lowest BCUT2D eigenvalue weighted by Crippen LogP contribution is -2.48. The van der Waals surface area contributed by atoms with Gasteiger partial charge in [-0.3, -0.25) is 14.5 Å². The first kappa shape index (κ1) is 18.2. The summed E-state index contributed by atoms with van der Waals surface area (Å²) in [6.07, 6.45) is 1.09. The summed E-state index contributed by atoms with van der Waals surface area (Å²) in [5.41, 5.74) is 0.475. The number of piperazine rings is 1. The summed E-state index contributed by atoms with van der Waals surface area (Å²) in [7, 11) is 0. The van der Waals surface area contributed by atoms with Gasteiger partial charge in [-0.25, -0.2) is 9.67 Å². The van der Waals surface area contributed by atoms with Gasteiger partial charge in [0.15, 0.2) is 5.69 Å². The molecule has 0 atom stereocenters. The van der Waals surface area contributed by atoms with Crippen LogP contribution in [0.5, 0.6) is 0 Å². The highest BCUT2D eigenvalue weighted by atomic mass is 19.3. The third kappa shape index (κ3) is 3.63. The molecule has 1 fully saturated rings. The predicted octanol–water partition coefficient (Wildman–Crippen LogP) is 1.47. The number of fused-ring (bicyclic) bond motifs is 1. The molecule has 28 heavy (non-hydrogen) atoms. The summed E-state index contributed by atoms with van der Waals surface area (Å²) < 4.78 is 25.7. The van der Waals surface area contributed by atoms with Crippen LogP contribution in [0, 0.1) is 0 Å². The van der Waals surface area contributed by atoms with E-state index < -0.39 is 6.55 Å². The van der Waals surface area contributed by atoms with Crippen molar-refractivity contribution in [3.8, 4) is 0 Å². The molecule has 1 amide bonds. The van der Waals surface area contributed by atoms with Crippen LogP contribution >= 0.6 is 0 Å². The molecule has 3 heterocycles. The van der Waals surface area contributed by atoms with Crippen molar-refractivity contribution >= 4 is 16.8 Å². The second kappa shape index (κ2) is 7.47. The number of para-hydroxylation sites is 1. The third-order valence-electron chi connectivity index (χ3n) is 4.72. The molecule has 1 saturated heterocycles. The molecule has 1 aliphatic rings. The standard InChI is InChI=1S/C18H18F2N6O2/c19-18(20)26-6-5-14(23-26)17(28)25-9-7-24(8-10-25)11-15-21-13-4-2-1-3-12(13)16(27)22-15/h1-6,18H,7-11H2,(H,21,22,27). The van der Waals surface area contributed by atoms with Gasteiger partial charge in [0.1, 0.15) is 5.82 Å². The Balaban J connectivity index is 1.39. The number of hydrogen-bond donors (Lipinski definition) is 1. The first-order chi connectivity index (χ1) is 13.5. The Labute approximate surface area is 158 Å². The molecule has 1 aromatic carbocycles. The van der Waals surface area contributed by atoms with Gasteiger partial charge in [-0.15, -0.1) is 0 Å². The zero-order chi connectivity index (χ0) is 19.7. The van der Waals surface area contributed by atoms with Crippen LogP contribution in [0.1, 0.15) is 22.9 Å². The van der Waals surface area contributed by atoms with Crippen molar-refractivity contribution < 1.29 is 13.6 Å². The molecule has 2 aromatic heterocycles. The van der Waals surface area contributed by atoms with Gasteiger partial charge in [0.05, 0.1) is 17.4 Å². The fourth-order valence-electron chi connectivity index (χ4n) is 3.25. The van der Waals surface area contributed by atoms with Crippen LogP contribution in [0.15, 0.2) is 41.3 Å². The Morgan fingerprint density at radius 3 is 2.61 bits per heavy atom. The second-order valence-corrected chi connectivity index (χ2v) is 6.56. The molecule has 0 unspecified atom stereocenters. The molecule has 0 bridgehead atoms. The number of nitrogens with one attached hydrogen (secondary N) is 1. The summed E-state index contributed by atoms with van der Waals surface area (Å²) in [6, 6.07) is 8.44. The number of carbonyl (C=O) groups is 1. The number of hydrogen-bond acceptors (Lipinski definition) is 5. The predicted molar refractivity (Wildman–Crippen MR) is 97.0 cm³/mol. The molecule has 0 spiro atoms. The van der Waals surface area contributed by atoms with Gasteiger partial charge < -0.3 is 9.88 Å². The smallest absolute Gasteiger partial charge is 0.333 e. The topological polar surface area (TPSA) is 87.1 Å². The molecule has 4 rings (SSSR count). The number of halogens is 2. The highest BCUT2D eigenvalue weighted by Gasteiger charge is 2.24. The molecule has 146 valence electrons. The molecule has 0 aliphatic carbocycles. The van der Waals surface area contributed by atoms with E-state index in [4.69, 9.17) is 0 Å². The van der Waals surface area contributed by atoms with Crippen LogP contribution in [0.25, 0.3) is 10.9 Å². The Kier molecular flexibility index (Phi) is 4.86. The van der Waals surface area contributed by atoms with Gasteiger partial charge in [0.2, 0.25) is 0 Å². The molecular formula is C18H18F2N6O2. The summed E-state index contributed by atoms with van der Waals surface area (Å²) in [5.74, 6) is 0.204. The van der Waals surface area contributed by atoms with Crippen molar-refractivity contribution in [1.29, 1.82) is 0 Å². The van der Waals surface area contributed by atoms with E-state index >= 15 is 0 Å². The maximum Gasteiger partial charge on any atom is 0.333 e. The SMILES string of the molecule is O=C(c1ccn(C(F)F)n1)N1CCN(Cc2nc3ccccc3c(=O)[nH]2)CC1. The van der Waals surface area contributed by atoms with Crippen molar-refractivity contribution in [2.24, 2.45) is 0 Å². The maximum atomic E-state index is 12.6. The summed E-state index contributed by atoms with van der Waals surface area (Å²) in [6.45, 7) is -0.260. The Morgan fingerprint density at radius 2 is 1.89 bits per heavy atom. The Hall–Kier alpha value is -3.14. The number of carbonyl (C=O) groups excluding carboxylic acids is 1. The average Bonchev–Trinajstić information content (AvgIpc) is 3.19. The minimum atomic E-state index is -2.77. The van der Waals surface area contributed by atoms with Crippen molar-refractivity contribution in [2.45, 2.75) is 13.1 Å². The molecule has 8 nitrogen and oxygen atoms in total. The number of rotatable bonds is 4. The van der Waals surface area contributed by atoms with Crippen LogP contribution in [-0.2, 0) is 6.54 Å². The number of aromatic nitrogens is 4. The lowest BCUT2D eigenvalue weighted by atomic mass is 10.2. The van der Waals surface area contributed by atoms with Crippen LogP contribution in [-0.4, -0.2) is 61.6 Å². The normalized spacial score (nSPS) is 15.5. The molecule has 1 N–H and O–H groups in total. The number of H-pyrrole nitrogens is 1. The Bertz CT molecular complexity index is 1060. The summed E-state index contributed by atoms with van der Waals surface area (Å²) >= 11 is 0. The monoisotopic (exact) mass is 388 g/mol. The summed E-state index contributed by atoms with van der Waals surface area (Å²) in [4.78, 5) is 35.5.